The van der Waals surface area contributed by atoms with Gasteiger partial charge in [0.2, 0.25) is 0 Å². The number of hydrogen-bond acceptors (Lipinski definition) is 5. The van der Waals surface area contributed by atoms with Crippen molar-refractivity contribution in [2.45, 2.75) is 36.3 Å². The van der Waals surface area contributed by atoms with Crippen LogP contribution in [0.5, 0.6) is 0 Å². The van der Waals surface area contributed by atoms with Gasteiger partial charge in [-0.3, -0.25) is 0 Å². The van der Waals surface area contributed by atoms with Gasteiger partial charge in [-0.25, -0.2) is 20.2 Å². The normalized spacial score (nSPS) is 13.8. The van der Waals surface area contributed by atoms with Crippen LogP contribution in [0.25, 0.3) is 0 Å². The Hall–Kier alpha value is -1.66. The van der Waals surface area contributed by atoms with Gasteiger partial charge >= 0.3 is 0 Å². The number of benzene rings is 1. The molecule has 0 radical (unpaired) electrons. The Morgan fingerprint density at radius 1 is 1.19 bits per heavy atom. The average Bonchev–Trinajstić information content (AvgIpc) is 2.53. The van der Waals surface area contributed by atoms with Crippen molar-refractivity contribution in [1.82, 2.24) is 9.97 Å². The molecule has 1 aromatic carbocycles. The van der Waals surface area contributed by atoms with Crippen LogP contribution in [0.1, 0.15) is 29.9 Å². The van der Waals surface area contributed by atoms with Crippen LogP contribution >= 0.6 is 11.8 Å². The molecule has 0 saturated carbocycles. The number of nitrogen functional groups attached to an aromatic ring is 1. The fourth-order valence-corrected chi connectivity index (χ4v) is 3.33. The Kier molecular flexibility index (Phi) is 4.36. The molecule has 3 N–H and O–H groups in total. The predicted molar refractivity (Wildman–Crippen MR) is 82.4 cm³/mol. The van der Waals surface area contributed by atoms with Gasteiger partial charge in [0.1, 0.15) is 17.5 Å². The van der Waals surface area contributed by atoms with Gasteiger partial charge in [0, 0.05) is 16.2 Å². The number of fused-ring (bicyclic) bond motifs is 1. The Morgan fingerprint density at radius 3 is 2.81 bits per heavy atom. The SMILES string of the molecule is NNc1nc(CSc2ccccc2F)nc2c1CCCC2. The first-order chi connectivity index (χ1) is 10.3. The number of nitrogens with one attached hydrogen (secondary N) is 1. The van der Waals surface area contributed by atoms with Crippen LogP contribution in [-0.4, -0.2) is 9.97 Å². The highest BCUT2D eigenvalue weighted by molar-refractivity contribution is 7.98. The van der Waals surface area contributed by atoms with Crippen molar-refractivity contribution in [2.24, 2.45) is 5.84 Å². The maximum absolute atomic E-state index is 13.6. The van der Waals surface area contributed by atoms with Crippen LogP contribution in [-0.2, 0) is 18.6 Å². The predicted octanol–water partition coefficient (Wildman–Crippen LogP) is 3.07. The highest BCUT2D eigenvalue weighted by Crippen LogP contribution is 2.28. The number of nitrogens with two attached hydrogens (primary N) is 1. The molecule has 6 heteroatoms. The number of hydrogen-bond donors (Lipinski definition) is 2. The topological polar surface area (TPSA) is 63.8 Å². The van der Waals surface area contributed by atoms with E-state index in [1.165, 1.54) is 17.8 Å². The fraction of sp³-hybridized carbons (Fsp3) is 0.333. The molecular formula is C15H17FN4S. The number of aromatic nitrogens is 2. The van der Waals surface area contributed by atoms with Gasteiger partial charge in [-0.05, 0) is 37.8 Å². The molecule has 1 aliphatic rings. The van der Waals surface area contributed by atoms with E-state index in [2.05, 4.69) is 15.4 Å². The van der Waals surface area contributed by atoms with E-state index >= 15 is 0 Å². The van der Waals surface area contributed by atoms with Crippen LogP contribution in [0.15, 0.2) is 29.2 Å². The maximum atomic E-state index is 13.6. The van der Waals surface area contributed by atoms with Crippen LogP contribution in [0.3, 0.4) is 0 Å². The van der Waals surface area contributed by atoms with Crippen LogP contribution in [0, 0.1) is 5.82 Å². The third kappa shape index (κ3) is 3.16. The molecule has 0 fully saturated rings. The molecule has 21 heavy (non-hydrogen) atoms. The monoisotopic (exact) mass is 304 g/mol. The summed E-state index contributed by atoms with van der Waals surface area (Å²) >= 11 is 1.40. The van der Waals surface area contributed by atoms with Gasteiger partial charge < -0.3 is 5.43 Å². The van der Waals surface area contributed by atoms with Crippen molar-refractivity contribution in [2.75, 3.05) is 5.43 Å². The van der Waals surface area contributed by atoms with E-state index in [-0.39, 0.29) is 5.82 Å². The number of aryl methyl sites for hydroxylation is 1. The van der Waals surface area contributed by atoms with E-state index in [4.69, 9.17) is 5.84 Å². The van der Waals surface area contributed by atoms with Crippen molar-refractivity contribution >= 4 is 17.6 Å². The van der Waals surface area contributed by atoms with E-state index in [0.29, 0.717) is 22.3 Å². The summed E-state index contributed by atoms with van der Waals surface area (Å²) in [4.78, 5) is 9.69. The highest BCUT2D eigenvalue weighted by atomic mass is 32.2. The molecule has 0 unspecified atom stereocenters. The largest absolute Gasteiger partial charge is 0.308 e. The second-order valence-electron chi connectivity index (χ2n) is 4.98. The first-order valence-electron chi connectivity index (χ1n) is 7.00. The minimum Gasteiger partial charge on any atom is -0.308 e. The summed E-state index contributed by atoms with van der Waals surface area (Å²) in [6, 6.07) is 6.74. The van der Waals surface area contributed by atoms with Crippen molar-refractivity contribution < 1.29 is 4.39 Å². The second kappa shape index (κ2) is 6.41. The zero-order valence-corrected chi connectivity index (χ0v) is 12.4. The third-order valence-corrected chi connectivity index (χ3v) is 4.60. The molecular weight excluding hydrogens is 287 g/mol. The smallest absolute Gasteiger partial charge is 0.147 e. The molecule has 0 saturated heterocycles. The van der Waals surface area contributed by atoms with E-state index in [1.807, 2.05) is 6.07 Å². The second-order valence-corrected chi connectivity index (χ2v) is 6.00. The molecule has 1 heterocycles. The summed E-state index contributed by atoms with van der Waals surface area (Å²) in [5.74, 6) is 7.29. The van der Waals surface area contributed by atoms with Crippen molar-refractivity contribution in [3.05, 3.63) is 47.2 Å². The first-order valence-corrected chi connectivity index (χ1v) is 7.99. The molecule has 0 atom stereocenters. The lowest BCUT2D eigenvalue weighted by atomic mass is 9.96. The Labute approximate surface area is 127 Å². The Morgan fingerprint density at radius 2 is 2.00 bits per heavy atom. The average molecular weight is 304 g/mol. The number of thioether (sulfide) groups is 1. The van der Waals surface area contributed by atoms with E-state index in [1.54, 1.807) is 12.1 Å². The van der Waals surface area contributed by atoms with E-state index in [9.17, 15) is 4.39 Å². The number of anilines is 1. The van der Waals surface area contributed by atoms with Gasteiger partial charge in [-0.2, -0.15) is 0 Å². The molecule has 0 aliphatic heterocycles. The quantitative estimate of drug-likeness (QED) is 0.516. The van der Waals surface area contributed by atoms with Gasteiger partial charge in [-0.15, -0.1) is 11.8 Å². The molecule has 110 valence electrons. The maximum Gasteiger partial charge on any atom is 0.147 e. The Bertz CT molecular complexity index is 630. The minimum atomic E-state index is -0.211. The third-order valence-electron chi connectivity index (χ3n) is 3.56. The van der Waals surface area contributed by atoms with E-state index < -0.39 is 0 Å². The van der Waals surface area contributed by atoms with Crippen molar-refractivity contribution in [3.8, 4) is 0 Å². The van der Waals surface area contributed by atoms with Gasteiger partial charge in [-0.1, -0.05) is 12.1 Å². The van der Waals surface area contributed by atoms with Crippen LogP contribution < -0.4 is 11.3 Å². The summed E-state index contributed by atoms with van der Waals surface area (Å²) < 4.78 is 13.6. The lowest BCUT2D eigenvalue weighted by Gasteiger charge is -2.18. The van der Waals surface area contributed by atoms with Crippen molar-refractivity contribution in [3.63, 3.8) is 0 Å². The molecule has 1 aliphatic carbocycles. The fourth-order valence-electron chi connectivity index (χ4n) is 2.53. The summed E-state index contributed by atoms with van der Waals surface area (Å²) in [6.07, 6.45) is 4.22. The Balaban J connectivity index is 1.81. The minimum absolute atomic E-state index is 0.211. The summed E-state index contributed by atoms with van der Waals surface area (Å²) in [5, 5.41) is 0. The molecule has 0 spiro atoms. The van der Waals surface area contributed by atoms with Gasteiger partial charge in [0.05, 0.1) is 5.75 Å². The summed E-state index contributed by atoms with van der Waals surface area (Å²) in [7, 11) is 0. The zero-order valence-electron chi connectivity index (χ0n) is 11.6. The van der Waals surface area contributed by atoms with E-state index in [0.717, 1.165) is 36.9 Å². The molecule has 3 rings (SSSR count). The summed E-state index contributed by atoms with van der Waals surface area (Å²) in [6.45, 7) is 0. The number of rotatable bonds is 4. The van der Waals surface area contributed by atoms with Crippen LogP contribution in [0.4, 0.5) is 10.2 Å². The molecule has 2 aromatic rings. The highest BCUT2D eigenvalue weighted by Gasteiger charge is 2.17. The molecule has 4 nitrogen and oxygen atoms in total. The lowest BCUT2D eigenvalue weighted by Crippen LogP contribution is -2.17. The van der Waals surface area contributed by atoms with Gasteiger partial charge in [0.25, 0.3) is 0 Å². The standard InChI is InChI=1S/C15H17FN4S/c16-11-6-2-4-8-13(11)21-9-14-18-12-7-3-1-5-10(12)15(19-14)20-17/h2,4,6,8H,1,3,5,7,9,17H2,(H,18,19,20). The number of nitrogens with zero attached hydrogens (tertiary/aromatic N) is 2. The lowest BCUT2D eigenvalue weighted by molar-refractivity contribution is 0.602. The van der Waals surface area contributed by atoms with Crippen molar-refractivity contribution in [1.29, 1.82) is 0 Å². The van der Waals surface area contributed by atoms with Gasteiger partial charge in [0.15, 0.2) is 0 Å². The van der Waals surface area contributed by atoms with Crippen LogP contribution in [0.2, 0.25) is 0 Å². The first kappa shape index (κ1) is 14.3. The molecule has 1 aromatic heterocycles. The number of hydrazine groups is 1. The molecule has 0 amide bonds. The molecule has 0 bridgehead atoms. The zero-order chi connectivity index (χ0) is 14.7. The summed E-state index contributed by atoms with van der Waals surface area (Å²) in [5.41, 5.74) is 4.88. The number of halogens is 1.